The number of nitrogens with zero attached hydrogens (tertiary/aromatic N) is 5. The topological polar surface area (TPSA) is 69.6 Å². The maximum atomic E-state index is 6.75. The zero-order chi connectivity index (χ0) is 20.4. The monoisotopic (exact) mass is 439 g/mol. The molecule has 0 aliphatic heterocycles. The maximum Gasteiger partial charge on any atom is 0.242 e. The van der Waals surface area contributed by atoms with Crippen molar-refractivity contribution in [3.63, 3.8) is 0 Å². The molecule has 10 rings (SSSR count). The minimum Gasteiger partial charge on any atom is -0.424 e. The smallest absolute Gasteiger partial charge is 0.242 e. The van der Waals surface area contributed by atoms with E-state index in [0.29, 0.717) is 17.1 Å². The van der Waals surface area contributed by atoms with Crippen molar-refractivity contribution in [1.82, 2.24) is 25.0 Å². The van der Waals surface area contributed by atoms with E-state index >= 15 is 0 Å². The van der Waals surface area contributed by atoms with Crippen LogP contribution >= 0.6 is 11.6 Å². The largest absolute Gasteiger partial charge is 0.424 e. The maximum absolute atomic E-state index is 6.75. The van der Waals surface area contributed by atoms with Gasteiger partial charge in [-0.3, -0.25) is 0 Å². The summed E-state index contributed by atoms with van der Waals surface area (Å²) in [6, 6.07) is 0. The first kappa shape index (κ1) is 18.0. The van der Waals surface area contributed by atoms with E-state index in [1.54, 1.807) is 0 Å². The minimum absolute atomic E-state index is 0.00997. The molecule has 0 aromatic carbocycles. The molecule has 0 amide bonds. The molecule has 2 heterocycles. The third-order valence-electron chi connectivity index (χ3n) is 10.4. The van der Waals surface area contributed by atoms with Gasteiger partial charge in [-0.15, -0.1) is 15.3 Å². The second-order valence-electron chi connectivity index (χ2n) is 12.5. The van der Waals surface area contributed by atoms with Crippen LogP contribution in [0.5, 0.6) is 0 Å². The molecule has 8 saturated carbocycles. The molecule has 0 N–H and O–H groups in total. The Balaban J connectivity index is 1.18. The van der Waals surface area contributed by atoms with Crippen molar-refractivity contribution >= 4 is 11.6 Å². The highest BCUT2D eigenvalue weighted by Crippen LogP contribution is 2.65. The van der Waals surface area contributed by atoms with Gasteiger partial charge in [-0.1, -0.05) is 0 Å². The van der Waals surface area contributed by atoms with E-state index in [-0.39, 0.29) is 16.4 Å². The van der Waals surface area contributed by atoms with Gasteiger partial charge < -0.3 is 4.42 Å². The van der Waals surface area contributed by atoms with Crippen molar-refractivity contribution in [2.24, 2.45) is 29.6 Å². The Morgan fingerprint density at radius 1 is 0.774 bits per heavy atom. The molecule has 0 radical (unpaired) electrons. The van der Waals surface area contributed by atoms with Crippen LogP contribution in [-0.2, 0) is 16.4 Å². The van der Waals surface area contributed by atoms with Crippen molar-refractivity contribution in [3.8, 4) is 0 Å². The van der Waals surface area contributed by atoms with Crippen LogP contribution in [0.2, 0.25) is 5.28 Å². The average molecular weight is 440 g/mol. The summed E-state index contributed by atoms with van der Waals surface area (Å²) in [6.45, 7) is 0. The van der Waals surface area contributed by atoms with Gasteiger partial charge in [-0.25, -0.2) is 9.67 Å². The van der Waals surface area contributed by atoms with E-state index in [0.717, 1.165) is 36.0 Å². The van der Waals surface area contributed by atoms with Gasteiger partial charge in [0.25, 0.3) is 0 Å². The Bertz CT molecular complexity index is 1010. The molecule has 8 aliphatic carbocycles. The van der Waals surface area contributed by atoms with Crippen LogP contribution in [0.4, 0.5) is 0 Å². The van der Waals surface area contributed by atoms with Crippen molar-refractivity contribution in [1.29, 1.82) is 0 Å². The summed E-state index contributed by atoms with van der Waals surface area (Å²) in [5.41, 5.74) is 0.203. The summed E-state index contributed by atoms with van der Waals surface area (Å²) in [6.07, 6.45) is 17.1. The van der Waals surface area contributed by atoms with Crippen LogP contribution in [0.1, 0.15) is 88.8 Å². The normalized spacial score (nSPS) is 49.3. The van der Waals surface area contributed by atoms with E-state index in [1.165, 1.54) is 70.6 Å². The second-order valence-corrected chi connectivity index (χ2v) is 12.9. The molecule has 4 atom stereocenters. The van der Waals surface area contributed by atoms with Crippen molar-refractivity contribution < 1.29 is 4.42 Å². The molecule has 2 aromatic rings. The fourth-order valence-electron chi connectivity index (χ4n) is 10.2. The lowest BCUT2D eigenvalue weighted by atomic mass is 9.47. The lowest BCUT2D eigenvalue weighted by Gasteiger charge is -2.60. The molecule has 6 nitrogen and oxygen atoms in total. The summed E-state index contributed by atoms with van der Waals surface area (Å²) >= 11 is 6.12. The van der Waals surface area contributed by atoms with Gasteiger partial charge in [-0.05, 0) is 118 Å². The van der Waals surface area contributed by atoms with Crippen LogP contribution in [0.15, 0.2) is 10.7 Å². The minimum atomic E-state index is 0.00997. The van der Waals surface area contributed by atoms with Crippen molar-refractivity contribution in [2.45, 2.75) is 93.4 Å². The van der Waals surface area contributed by atoms with E-state index in [9.17, 15) is 0 Å². The highest BCUT2D eigenvalue weighted by molar-refractivity contribution is 6.28. The van der Waals surface area contributed by atoms with Crippen molar-refractivity contribution in [2.75, 3.05) is 0 Å². The number of halogens is 1. The summed E-state index contributed by atoms with van der Waals surface area (Å²) in [5, 5.41) is 14.5. The van der Waals surface area contributed by atoms with Gasteiger partial charge >= 0.3 is 0 Å². The summed E-state index contributed by atoms with van der Waals surface area (Å²) < 4.78 is 8.83. The van der Waals surface area contributed by atoms with Crippen LogP contribution in [0, 0.1) is 29.6 Å². The van der Waals surface area contributed by atoms with Gasteiger partial charge in [0, 0.05) is 5.41 Å². The molecule has 31 heavy (non-hydrogen) atoms. The van der Waals surface area contributed by atoms with Crippen molar-refractivity contribution in [3.05, 3.63) is 23.4 Å². The molecule has 0 spiro atoms. The quantitative estimate of drug-likeness (QED) is 0.670. The molecule has 2 unspecified atom stereocenters. The molecule has 8 fully saturated rings. The molecule has 0 saturated heterocycles. The lowest BCUT2D eigenvalue weighted by Crippen LogP contribution is -2.58. The first-order valence-electron chi connectivity index (χ1n) is 12.4. The Morgan fingerprint density at radius 3 is 1.90 bits per heavy atom. The van der Waals surface area contributed by atoms with E-state index in [1.807, 2.05) is 6.33 Å². The van der Waals surface area contributed by atoms with Gasteiger partial charge in [0.15, 0.2) is 0 Å². The van der Waals surface area contributed by atoms with Gasteiger partial charge in [0.1, 0.15) is 6.33 Å². The fourth-order valence-corrected chi connectivity index (χ4v) is 10.4. The fraction of sp³-hybridized carbons (Fsp3) is 0.833. The molecule has 164 valence electrons. The van der Waals surface area contributed by atoms with Gasteiger partial charge in [-0.2, -0.15) is 0 Å². The molecule has 2 aromatic heterocycles. The van der Waals surface area contributed by atoms with E-state index in [2.05, 4.69) is 14.8 Å². The number of hydrogen-bond donors (Lipinski definition) is 0. The van der Waals surface area contributed by atoms with Crippen LogP contribution < -0.4 is 0 Å². The number of aromatic nitrogens is 5. The summed E-state index contributed by atoms with van der Waals surface area (Å²) in [4.78, 5) is 4.25. The Morgan fingerprint density at radius 2 is 1.32 bits per heavy atom. The zero-order valence-corrected chi connectivity index (χ0v) is 18.7. The van der Waals surface area contributed by atoms with Crippen LogP contribution in [0.25, 0.3) is 0 Å². The van der Waals surface area contributed by atoms with Gasteiger partial charge in [0.2, 0.25) is 17.1 Å². The average Bonchev–Trinajstić information content (AvgIpc) is 3.36. The highest BCUT2D eigenvalue weighted by Gasteiger charge is 2.62. The molecular formula is C24H30ClN5O. The molecule has 7 heteroatoms. The van der Waals surface area contributed by atoms with Crippen LogP contribution in [0.3, 0.4) is 0 Å². The van der Waals surface area contributed by atoms with Gasteiger partial charge in [0.05, 0.1) is 11.0 Å². The zero-order valence-electron chi connectivity index (χ0n) is 18.0. The summed E-state index contributed by atoms with van der Waals surface area (Å²) in [7, 11) is 0. The number of hydrogen-bond acceptors (Lipinski definition) is 5. The Kier molecular flexibility index (Phi) is 3.34. The van der Waals surface area contributed by atoms with E-state index in [4.69, 9.17) is 26.2 Å². The van der Waals surface area contributed by atoms with Crippen LogP contribution in [-0.4, -0.2) is 25.0 Å². The predicted octanol–water partition coefficient (Wildman–Crippen LogP) is 5.03. The SMILES string of the molecule is Clc1ncn(C23C[C@@H]4C[C@@H](CC(c5nnc(C67CC8CC(CC(C8)C6)C7)o5)(C4)C2)C3)n1. The van der Waals surface area contributed by atoms with E-state index < -0.39 is 0 Å². The standard InChI is InChI=1S/C24H30ClN5O/c25-21-26-13-30(29-21)24-10-17-4-18(11-24)9-23(8-17,12-24)20-28-27-19(31-20)22-5-14-1-15(6-22)3-16(2-14)7-22/h13-18H,1-12H2/t14?,15?,16?,17-,18+,22?,23?,24?. The molecular weight excluding hydrogens is 410 g/mol. The molecule has 8 aliphatic rings. The summed E-state index contributed by atoms with van der Waals surface area (Å²) in [5.74, 6) is 6.00. The third-order valence-corrected chi connectivity index (χ3v) is 10.5. The first-order valence-corrected chi connectivity index (χ1v) is 12.8. The predicted molar refractivity (Wildman–Crippen MR) is 114 cm³/mol. The lowest BCUT2D eigenvalue weighted by molar-refractivity contribution is -0.0788. The Hall–Kier alpha value is -1.43. The second kappa shape index (κ2) is 5.73. The number of rotatable bonds is 3. The molecule has 8 bridgehead atoms. The third kappa shape index (κ3) is 2.41. The first-order chi connectivity index (χ1) is 15.0. The highest BCUT2D eigenvalue weighted by atomic mass is 35.5. The Labute approximate surface area is 187 Å².